The summed E-state index contributed by atoms with van der Waals surface area (Å²) in [5.74, 6) is 0.404. The molecule has 8 aromatic rings. The summed E-state index contributed by atoms with van der Waals surface area (Å²) in [5, 5.41) is 24.7. The Morgan fingerprint density at radius 2 is 0.938 bits per heavy atom. The Balaban J connectivity index is 1.09. The fourth-order valence-electron chi connectivity index (χ4n) is 9.25. The molecular formula is C55H48N4O5. The predicted octanol–water partition coefficient (Wildman–Crippen LogP) is 9.69. The number of fused-ring (bicyclic) bond motifs is 1. The molecule has 318 valence electrons. The molecule has 10 rings (SSSR count). The second kappa shape index (κ2) is 18.0. The minimum absolute atomic E-state index is 0.0289. The van der Waals surface area contributed by atoms with Gasteiger partial charge in [0.25, 0.3) is 0 Å². The Bertz CT molecular complexity index is 2570. The highest BCUT2D eigenvalue weighted by molar-refractivity contribution is 5.65. The predicted molar refractivity (Wildman–Crippen MR) is 246 cm³/mol. The molecule has 1 saturated heterocycles. The van der Waals surface area contributed by atoms with Crippen LogP contribution in [0.25, 0.3) is 0 Å². The average molecular weight is 845 g/mol. The summed E-state index contributed by atoms with van der Waals surface area (Å²) in [4.78, 5) is 11.4. The van der Waals surface area contributed by atoms with Crippen molar-refractivity contribution >= 4 is 12.2 Å². The van der Waals surface area contributed by atoms with Crippen molar-refractivity contribution in [2.75, 3.05) is 6.61 Å². The quantitative estimate of drug-likeness (QED) is 0.105. The molecule has 0 radical (unpaired) electrons. The molecule has 9 heteroatoms. The number of imidazole rings is 1. The van der Waals surface area contributed by atoms with Gasteiger partial charge in [0.15, 0.2) is 18.3 Å². The van der Waals surface area contributed by atoms with Crippen molar-refractivity contribution < 1.29 is 24.4 Å². The Morgan fingerprint density at radius 3 is 1.38 bits per heavy atom. The maximum atomic E-state index is 12.9. The van der Waals surface area contributed by atoms with Gasteiger partial charge < -0.3 is 29.3 Å². The lowest BCUT2D eigenvalue weighted by Crippen LogP contribution is -2.45. The van der Waals surface area contributed by atoms with E-state index in [2.05, 4.69) is 36.4 Å². The molecule has 1 fully saturated rings. The van der Waals surface area contributed by atoms with Crippen molar-refractivity contribution in [1.82, 2.24) is 14.5 Å². The number of aliphatic hydroxyl groups is 2. The molecule has 2 aliphatic heterocycles. The smallest absolute Gasteiger partial charge is 0.175 e. The maximum absolute atomic E-state index is 12.9. The molecule has 0 amide bonds. The monoisotopic (exact) mass is 844 g/mol. The highest BCUT2D eigenvalue weighted by atomic mass is 16.6. The number of ether oxygens (including phenoxy) is 3. The molecule has 7 aromatic carbocycles. The lowest BCUT2D eigenvalue weighted by molar-refractivity contribution is -0.123. The van der Waals surface area contributed by atoms with Gasteiger partial charge in [-0.1, -0.05) is 212 Å². The van der Waals surface area contributed by atoms with E-state index in [-0.39, 0.29) is 6.61 Å². The first-order chi connectivity index (χ1) is 31.6. The van der Waals surface area contributed by atoms with Crippen LogP contribution in [0.5, 0.6) is 0 Å². The van der Waals surface area contributed by atoms with Crippen molar-refractivity contribution in [1.29, 1.82) is 0 Å². The molecular weight excluding hydrogens is 797 g/mol. The second-order valence-corrected chi connectivity index (χ2v) is 16.1. The van der Waals surface area contributed by atoms with Crippen LogP contribution in [0.4, 0.5) is 5.82 Å². The van der Waals surface area contributed by atoms with E-state index in [9.17, 15) is 10.2 Å². The van der Waals surface area contributed by atoms with Gasteiger partial charge in [-0.15, -0.1) is 0 Å². The molecule has 1 unspecified atom stereocenters. The maximum Gasteiger partial charge on any atom is 0.175 e. The van der Waals surface area contributed by atoms with Crippen LogP contribution in [-0.4, -0.2) is 55.9 Å². The van der Waals surface area contributed by atoms with E-state index in [4.69, 9.17) is 24.2 Å². The molecule has 9 nitrogen and oxygen atoms in total. The van der Waals surface area contributed by atoms with Crippen LogP contribution < -0.4 is 0 Å². The van der Waals surface area contributed by atoms with Crippen LogP contribution >= 0.6 is 0 Å². The Hall–Kier alpha value is -6.98. The molecule has 0 bridgehead atoms. The first kappa shape index (κ1) is 41.1. The van der Waals surface area contributed by atoms with E-state index >= 15 is 0 Å². The van der Waals surface area contributed by atoms with Gasteiger partial charge in [-0.2, -0.15) is 0 Å². The number of hydrogen-bond donors (Lipinski definition) is 2. The molecule has 2 N–H and O–H groups in total. The molecule has 0 saturated carbocycles. The van der Waals surface area contributed by atoms with Crippen molar-refractivity contribution in [2.24, 2.45) is 4.99 Å². The molecule has 2 aliphatic rings. The SMILES string of the molecule is OC1c2ncn([C@@H]3O[C@H](COC(c4ccccc4)(c4ccccc4)c4ccccc4)[C@@H](O)[C@H]3OC(c3ccccc3)(c3ccccc3)c3ccccc3)c2N=CN1Cc1ccccc1. The number of benzene rings is 7. The van der Waals surface area contributed by atoms with Gasteiger partial charge in [0.05, 0.1) is 19.3 Å². The van der Waals surface area contributed by atoms with Crippen LogP contribution in [0.1, 0.15) is 57.1 Å². The van der Waals surface area contributed by atoms with Gasteiger partial charge in [-0.3, -0.25) is 4.57 Å². The first-order valence-electron chi connectivity index (χ1n) is 21.6. The van der Waals surface area contributed by atoms with E-state index in [1.807, 2.05) is 176 Å². The van der Waals surface area contributed by atoms with Crippen LogP contribution in [-0.2, 0) is 32.0 Å². The number of hydrogen-bond acceptors (Lipinski definition) is 8. The average Bonchev–Trinajstić information content (AvgIpc) is 3.94. The van der Waals surface area contributed by atoms with Gasteiger partial charge >= 0.3 is 0 Å². The number of nitrogens with zero attached hydrogens (tertiary/aromatic N) is 4. The Labute approximate surface area is 373 Å². The minimum Gasteiger partial charge on any atom is -0.387 e. The van der Waals surface area contributed by atoms with Gasteiger partial charge in [-0.25, -0.2) is 9.98 Å². The second-order valence-electron chi connectivity index (χ2n) is 16.1. The van der Waals surface area contributed by atoms with Crippen molar-refractivity contribution in [3.63, 3.8) is 0 Å². The summed E-state index contributed by atoms with van der Waals surface area (Å²) >= 11 is 0. The fourth-order valence-corrected chi connectivity index (χ4v) is 9.25. The topological polar surface area (TPSA) is 102 Å². The third kappa shape index (κ3) is 7.53. The number of aromatic nitrogens is 2. The summed E-state index contributed by atoms with van der Waals surface area (Å²) in [5.41, 5.74) is 4.47. The summed E-state index contributed by atoms with van der Waals surface area (Å²) in [7, 11) is 0. The van der Waals surface area contributed by atoms with E-state index in [1.165, 1.54) is 0 Å². The van der Waals surface area contributed by atoms with E-state index in [0.29, 0.717) is 18.1 Å². The standard InChI is InChI=1S/C55H48N4O5/c60-49-47(37-62-54(41-24-10-2-11-25-41,42-26-12-3-13-27-42)43-28-14-4-15-29-43)63-53(59-39-56-48-51(59)57-38-58(52(48)61)36-40-22-8-1-9-23-40)50(49)64-55(44-30-16-5-17-31-44,45-32-18-6-19-33-45)46-34-20-7-21-35-46/h1-35,38-39,47,49-50,52-53,60-61H,36-37H2/t47-,49-,50-,52?,53-/m1/s1. The van der Waals surface area contributed by atoms with E-state index in [0.717, 1.165) is 38.9 Å². The number of aliphatic imine (C=N–C) groups is 1. The molecule has 1 aromatic heterocycles. The number of aliphatic hydroxyl groups excluding tert-OH is 2. The molecule has 0 spiro atoms. The third-order valence-electron chi connectivity index (χ3n) is 12.3. The summed E-state index contributed by atoms with van der Waals surface area (Å²) < 4.78 is 23.8. The minimum atomic E-state index is -1.23. The van der Waals surface area contributed by atoms with Crippen LogP contribution in [0.15, 0.2) is 224 Å². The summed E-state index contributed by atoms with van der Waals surface area (Å²) in [6.07, 6.45) is -1.97. The Kier molecular flexibility index (Phi) is 11.6. The van der Waals surface area contributed by atoms with E-state index in [1.54, 1.807) is 22.1 Å². The lowest BCUT2D eigenvalue weighted by Gasteiger charge is -2.40. The van der Waals surface area contributed by atoms with E-state index < -0.39 is 42.0 Å². The van der Waals surface area contributed by atoms with Gasteiger partial charge in [0.1, 0.15) is 35.2 Å². The van der Waals surface area contributed by atoms with Crippen molar-refractivity contribution in [2.45, 2.75) is 48.5 Å². The Morgan fingerprint density at radius 1 is 0.531 bits per heavy atom. The first-order valence-corrected chi connectivity index (χ1v) is 21.6. The normalized spacial score (nSPS) is 19.7. The zero-order valence-corrected chi connectivity index (χ0v) is 35.1. The lowest BCUT2D eigenvalue weighted by atomic mass is 9.79. The molecule has 0 aliphatic carbocycles. The molecule has 5 atom stereocenters. The zero-order chi connectivity index (χ0) is 43.4. The van der Waals surface area contributed by atoms with Gasteiger partial charge in [-0.05, 0) is 38.9 Å². The number of rotatable bonds is 14. The van der Waals surface area contributed by atoms with Crippen LogP contribution in [0.2, 0.25) is 0 Å². The van der Waals surface area contributed by atoms with Crippen LogP contribution in [0, 0.1) is 0 Å². The van der Waals surface area contributed by atoms with Crippen LogP contribution in [0.3, 0.4) is 0 Å². The van der Waals surface area contributed by atoms with Gasteiger partial charge in [0, 0.05) is 6.54 Å². The van der Waals surface area contributed by atoms with Crippen molar-refractivity contribution in [3.8, 4) is 0 Å². The molecule has 3 heterocycles. The van der Waals surface area contributed by atoms with Crippen molar-refractivity contribution in [3.05, 3.63) is 263 Å². The zero-order valence-electron chi connectivity index (χ0n) is 35.1. The van der Waals surface area contributed by atoms with Gasteiger partial charge in [0.2, 0.25) is 0 Å². The summed E-state index contributed by atoms with van der Waals surface area (Å²) in [6, 6.07) is 70.5. The highest BCUT2D eigenvalue weighted by Gasteiger charge is 2.53. The fraction of sp³-hybridized carbons (Fsp3) is 0.164. The third-order valence-corrected chi connectivity index (χ3v) is 12.3. The molecule has 64 heavy (non-hydrogen) atoms. The largest absolute Gasteiger partial charge is 0.387 e. The summed E-state index contributed by atoms with van der Waals surface area (Å²) in [6.45, 7) is 0.403. The highest BCUT2D eigenvalue weighted by Crippen LogP contribution is 2.48.